The minimum Gasteiger partial charge on any atom is -0.393 e. The maximum Gasteiger partial charge on any atom is 0.0731 e. The van der Waals surface area contributed by atoms with E-state index in [4.69, 9.17) is 4.74 Å². The summed E-state index contributed by atoms with van der Waals surface area (Å²) in [5.41, 5.74) is 0.163. The molecule has 0 saturated heterocycles. The van der Waals surface area contributed by atoms with E-state index in [-0.39, 0.29) is 17.1 Å². The molecule has 1 aliphatic rings. The summed E-state index contributed by atoms with van der Waals surface area (Å²) in [5.74, 6) is 0. The van der Waals surface area contributed by atoms with Crippen LogP contribution in [0.4, 0.5) is 0 Å². The molecule has 0 heterocycles. The normalized spacial score (nSPS) is 36.0. The van der Waals surface area contributed by atoms with Crippen LogP contribution < -0.4 is 5.32 Å². The number of nitrogens with one attached hydrogen (secondary N) is 1. The highest BCUT2D eigenvalue weighted by Gasteiger charge is 2.57. The molecule has 0 aromatic rings. The first-order valence-electron chi connectivity index (χ1n) is 5.80. The molecule has 1 fully saturated rings. The van der Waals surface area contributed by atoms with Crippen molar-refractivity contribution < 1.29 is 9.84 Å². The monoisotopic (exact) mass is 215 g/mol. The Balaban J connectivity index is 2.36. The molecule has 1 saturated carbocycles. The lowest BCUT2D eigenvalue weighted by Crippen LogP contribution is -2.68. The van der Waals surface area contributed by atoms with E-state index in [1.165, 1.54) is 0 Å². The molecule has 0 radical (unpaired) electrons. The van der Waals surface area contributed by atoms with Crippen molar-refractivity contribution in [3.8, 4) is 0 Å². The van der Waals surface area contributed by atoms with Crippen LogP contribution in [0, 0.1) is 5.41 Å². The Morgan fingerprint density at radius 2 is 2.07 bits per heavy atom. The van der Waals surface area contributed by atoms with Gasteiger partial charge in [-0.15, -0.1) is 0 Å². The summed E-state index contributed by atoms with van der Waals surface area (Å²) >= 11 is 0. The second kappa shape index (κ2) is 4.40. The van der Waals surface area contributed by atoms with Crippen LogP contribution in [-0.2, 0) is 4.74 Å². The molecule has 0 spiro atoms. The third kappa shape index (κ3) is 2.35. The third-order valence-corrected chi connectivity index (χ3v) is 4.23. The van der Waals surface area contributed by atoms with Crippen molar-refractivity contribution in [1.82, 2.24) is 5.32 Å². The zero-order valence-corrected chi connectivity index (χ0v) is 10.6. The summed E-state index contributed by atoms with van der Waals surface area (Å²) in [5, 5.41) is 12.7. The van der Waals surface area contributed by atoms with Crippen molar-refractivity contribution in [2.45, 2.75) is 58.3 Å². The van der Waals surface area contributed by atoms with E-state index in [9.17, 15) is 5.11 Å². The van der Waals surface area contributed by atoms with Crippen molar-refractivity contribution >= 4 is 0 Å². The van der Waals surface area contributed by atoms with Crippen LogP contribution in [0.15, 0.2) is 0 Å². The van der Waals surface area contributed by atoms with Gasteiger partial charge in [0.15, 0.2) is 0 Å². The fourth-order valence-corrected chi connectivity index (χ4v) is 2.29. The standard InChI is InChI=1S/C12H25NO2/c1-9(14)6-7-13-10-8-12(4,15-5)11(10,2)3/h9-10,13-14H,6-8H2,1-5H3. The Morgan fingerprint density at radius 3 is 2.47 bits per heavy atom. The maximum absolute atomic E-state index is 9.17. The molecule has 0 aliphatic heterocycles. The Labute approximate surface area is 93.2 Å². The summed E-state index contributed by atoms with van der Waals surface area (Å²) in [7, 11) is 1.79. The topological polar surface area (TPSA) is 41.5 Å². The van der Waals surface area contributed by atoms with Crippen LogP contribution in [0.5, 0.6) is 0 Å². The van der Waals surface area contributed by atoms with Crippen molar-refractivity contribution in [1.29, 1.82) is 0 Å². The van der Waals surface area contributed by atoms with Crippen LogP contribution in [0.1, 0.15) is 40.5 Å². The van der Waals surface area contributed by atoms with Crippen LogP contribution in [0.3, 0.4) is 0 Å². The molecule has 3 atom stereocenters. The Bertz CT molecular complexity index is 216. The molecule has 0 amide bonds. The minimum absolute atomic E-state index is 0.00447. The van der Waals surface area contributed by atoms with E-state index >= 15 is 0 Å². The molecule has 1 rings (SSSR count). The van der Waals surface area contributed by atoms with Gasteiger partial charge in [0.2, 0.25) is 0 Å². The number of ether oxygens (including phenoxy) is 1. The van der Waals surface area contributed by atoms with E-state index in [2.05, 4.69) is 26.1 Å². The molecule has 0 bridgehead atoms. The molecule has 1 aliphatic carbocycles. The highest BCUT2D eigenvalue weighted by molar-refractivity contribution is 5.11. The fourth-order valence-electron chi connectivity index (χ4n) is 2.29. The number of aliphatic hydroxyl groups excluding tert-OH is 1. The fraction of sp³-hybridized carbons (Fsp3) is 1.00. The van der Waals surface area contributed by atoms with Gasteiger partial charge < -0.3 is 15.2 Å². The average Bonchev–Trinajstić information content (AvgIpc) is 2.15. The first kappa shape index (κ1) is 12.9. The van der Waals surface area contributed by atoms with Gasteiger partial charge in [0, 0.05) is 18.6 Å². The quantitative estimate of drug-likeness (QED) is 0.731. The minimum atomic E-state index is -0.213. The summed E-state index contributed by atoms with van der Waals surface area (Å²) in [4.78, 5) is 0. The second-order valence-electron chi connectivity index (χ2n) is 5.51. The molecule has 2 N–H and O–H groups in total. The molecule has 0 aromatic heterocycles. The number of hydrogen-bond donors (Lipinski definition) is 2. The summed E-state index contributed by atoms with van der Waals surface area (Å²) < 4.78 is 5.56. The van der Waals surface area contributed by atoms with E-state index in [1.807, 2.05) is 6.92 Å². The van der Waals surface area contributed by atoms with E-state index in [0.717, 1.165) is 19.4 Å². The largest absolute Gasteiger partial charge is 0.393 e. The lowest BCUT2D eigenvalue weighted by atomic mass is 9.56. The van der Waals surface area contributed by atoms with E-state index in [1.54, 1.807) is 7.11 Å². The highest BCUT2D eigenvalue weighted by atomic mass is 16.5. The van der Waals surface area contributed by atoms with Crippen molar-refractivity contribution in [2.75, 3.05) is 13.7 Å². The number of rotatable bonds is 5. The lowest BCUT2D eigenvalue weighted by Gasteiger charge is -2.59. The number of aliphatic hydroxyl groups is 1. The van der Waals surface area contributed by atoms with Gasteiger partial charge in [-0.2, -0.15) is 0 Å². The molecular formula is C12H25NO2. The van der Waals surface area contributed by atoms with Crippen molar-refractivity contribution in [2.24, 2.45) is 5.41 Å². The van der Waals surface area contributed by atoms with E-state index in [0.29, 0.717) is 6.04 Å². The Morgan fingerprint density at radius 1 is 1.47 bits per heavy atom. The SMILES string of the molecule is COC1(C)CC(NCCC(C)O)C1(C)C. The van der Waals surface area contributed by atoms with Crippen molar-refractivity contribution in [3.63, 3.8) is 0 Å². The van der Waals surface area contributed by atoms with Gasteiger partial charge in [-0.1, -0.05) is 13.8 Å². The molecule has 90 valence electrons. The zero-order chi connectivity index (χ0) is 11.7. The average molecular weight is 215 g/mol. The second-order valence-corrected chi connectivity index (χ2v) is 5.51. The first-order valence-corrected chi connectivity index (χ1v) is 5.80. The predicted octanol–water partition coefficient (Wildman–Crippen LogP) is 1.55. The molecular weight excluding hydrogens is 190 g/mol. The van der Waals surface area contributed by atoms with Gasteiger partial charge in [-0.05, 0) is 33.2 Å². The highest BCUT2D eigenvalue weighted by Crippen LogP contribution is 2.51. The lowest BCUT2D eigenvalue weighted by molar-refractivity contribution is -0.180. The van der Waals surface area contributed by atoms with Crippen LogP contribution in [0.25, 0.3) is 0 Å². The zero-order valence-electron chi connectivity index (χ0n) is 10.6. The van der Waals surface area contributed by atoms with Crippen LogP contribution in [0.2, 0.25) is 0 Å². The maximum atomic E-state index is 9.17. The molecule has 15 heavy (non-hydrogen) atoms. The smallest absolute Gasteiger partial charge is 0.0731 e. The molecule has 3 heteroatoms. The van der Waals surface area contributed by atoms with Crippen LogP contribution >= 0.6 is 0 Å². The van der Waals surface area contributed by atoms with Crippen molar-refractivity contribution in [3.05, 3.63) is 0 Å². The predicted molar refractivity (Wildman–Crippen MR) is 61.9 cm³/mol. The molecule has 3 nitrogen and oxygen atoms in total. The number of methoxy groups -OCH3 is 1. The summed E-state index contributed by atoms with van der Waals surface area (Å²) in [6, 6.07) is 0.501. The van der Waals surface area contributed by atoms with Gasteiger partial charge in [0.25, 0.3) is 0 Å². The van der Waals surface area contributed by atoms with Crippen LogP contribution in [-0.4, -0.2) is 36.5 Å². The first-order chi connectivity index (χ1) is 6.83. The Hall–Kier alpha value is -0.120. The number of hydrogen-bond acceptors (Lipinski definition) is 3. The van der Waals surface area contributed by atoms with Gasteiger partial charge >= 0.3 is 0 Å². The van der Waals surface area contributed by atoms with Gasteiger partial charge in [-0.3, -0.25) is 0 Å². The van der Waals surface area contributed by atoms with Gasteiger partial charge in [0.1, 0.15) is 0 Å². The van der Waals surface area contributed by atoms with Gasteiger partial charge in [0.05, 0.1) is 11.7 Å². The summed E-state index contributed by atoms with van der Waals surface area (Å²) in [6.07, 6.45) is 1.65. The Kier molecular flexibility index (Phi) is 3.80. The van der Waals surface area contributed by atoms with Gasteiger partial charge in [-0.25, -0.2) is 0 Å². The third-order valence-electron chi connectivity index (χ3n) is 4.23. The molecule has 3 unspecified atom stereocenters. The molecule has 0 aromatic carbocycles. The summed E-state index contributed by atoms with van der Waals surface area (Å²) in [6.45, 7) is 9.35. The van der Waals surface area contributed by atoms with E-state index < -0.39 is 0 Å².